The molecular formula is C18H24ClNO3. The first kappa shape index (κ1) is 18.0. The maximum atomic E-state index is 12.1. The molecule has 1 aromatic carbocycles. The average Bonchev–Trinajstić information content (AvgIpc) is 2.59. The molecule has 1 aliphatic carbocycles. The van der Waals surface area contributed by atoms with Crippen LogP contribution in [0.15, 0.2) is 24.3 Å². The van der Waals surface area contributed by atoms with Gasteiger partial charge in [0.2, 0.25) is 5.91 Å². The van der Waals surface area contributed by atoms with Crippen molar-refractivity contribution in [3.05, 3.63) is 34.9 Å². The SMILES string of the molecule is O=C(CCC(=O)c1ccccc1Cl)NCC1(CO)CCCCC1. The Morgan fingerprint density at radius 1 is 1.13 bits per heavy atom. The van der Waals surface area contributed by atoms with Gasteiger partial charge in [-0.1, -0.05) is 43.0 Å². The molecule has 1 amide bonds. The summed E-state index contributed by atoms with van der Waals surface area (Å²) in [5, 5.41) is 12.9. The minimum absolute atomic E-state index is 0.103. The van der Waals surface area contributed by atoms with E-state index >= 15 is 0 Å². The van der Waals surface area contributed by atoms with Crippen LogP contribution in [0.5, 0.6) is 0 Å². The number of Topliss-reactive ketones (excluding diaryl/α,β-unsaturated/α-hetero) is 1. The van der Waals surface area contributed by atoms with Crippen LogP contribution >= 0.6 is 11.6 Å². The van der Waals surface area contributed by atoms with E-state index in [0.29, 0.717) is 17.1 Å². The third-order valence-electron chi connectivity index (χ3n) is 4.66. The summed E-state index contributed by atoms with van der Waals surface area (Å²) in [5.41, 5.74) is 0.279. The Balaban J connectivity index is 1.79. The summed E-state index contributed by atoms with van der Waals surface area (Å²) in [6, 6.07) is 6.87. The van der Waals surface area contributed by atoms with Crippen molar-refractivity contribution in [3.8, 4) is 0 Å². The first-order chi connectivity index (χ1) is 11.1. The van der Waals surface area contributed by atoms with E-state index < -0.39 is 0 Å². The highest BCUT2D eigenvalue weighted by atomic mass is 35.5. The lowest BCUT2D eigenvalue weighted by Crippen LogP contribution is -2.41. The first-order valence-electron chi connectivity index (χ1n) is 8.22. The lowest BCUT2D eigenvalue weighted by molar-refractivity contribution is -0.121. The lowest BCUT2D eigenvalue weighted by Gasteiger charge is -2.35. The molecule has 0 unspecified atom stereocenters. The van der Waals surface area contributed by atoms with Crippen LogP contribution in [0.4, 0.5) is 0 Å². The smallest absolute Gasteiger partial charge is 0.220 e. The van der Waals surface area contributed by atoms with Gasteiger partial charge in [0.05, 0.1) is 11.6 Å². The molecule has 0 radical (unpaired) electrons. The van der Waals surface area contributed by atoms with E-state index in [1.165, 1.54) is 6.42 Å². The minimum atomic E-state index is -0.180. The molecular weight excluding hydrogens is 314 g/mol. The van der Waals surface area contributed by atoms with Gasteiger partial charge in [0.15, 0.2) is 5.78 Å². The maximum absolute atomic E-state index is 12.1. The summed E-state index contributed by atoms with van der Waals surface area (Å²) in [7, 11) is 0. The fourth-order valence-electron chi connectivity index (χ4n) is 3.12. The quantitative estimate of drug-likeness (QED) is 0.750. The van der Waals surface area contributed by atoms with Crippen LogP contribution in [0.2, 0.25) is 5.02 Å². The van der Waals surface area contributed by atoms with Gasteiger partial charge in [0, 0.05) is 30.4 Å². The Hall–Kier alpha value is -1.39. The van der Waals surface area contributed by atoms with Gasteiger partial charge >= 0.3 is 0 Å². The summed E-state index contributed by atoms with van der Waals surface area (Å²) < 4.78 is 0. The van der Waals surface area contributed by atoms with Crippen molar-refractivity contribution >= 4 is 23.3 Å². The highest BCUT2D eigenvalue weighted by Crippen LogP contribution is 2.35. The van der Waals surface area contributed by atoms with Gasteiger partial charge in [0.1, 0.15) is 0 Å². The molecule has 0 saturated heterocycles. The zero-order valence-corrected chi connectivity index (χ0v) is 14.1. The molecule has 0 aromatic heterocycles. The molecule has 2 N–H and O–H groups in total. The van der Waals surface area contributed by atoms with E-state index in [0.717, 1.165) is 25.7 Å². The second-order valence-corrected chi connectivity index (χ2v) is 6.81. The number of halogens is 1. The van der Waals surface area contributed by atoms with Crippen LogP contribution in [-0.4, -0.2) is 29.9 Å². The molecule has 4 nitrogen and oxygen atoms in total. The fraction of sp³-hybridized carbons (Fsp3) is 0.556. The minimum Gasteiger partial charge on any atom is -0.396 e. The lowest BCUT2D eigenvalue weighted by atomic mass is 9.74. The largest absolute Gasteiger partial charge is 0.396 e. The Bertz CT molecular complexity index is 553. The van der Waals surface area contributed by atoms with Crippen LogP contribution in [-0.2, 0) is 4.79 Å². The van der Waals surface area contributed by atoms with Crippen molar-refractivity contribution in [3.63, 3.8) is 0 Å². The molecule has 2 rings (SSSR count). The molecule has 126 valence electrons. The van der Waals surface area contributed by atoms with Crippen LogP contribution in [0, 0.1) is 5.41 Å². The van der Waals surface area contributed by atoms with E-state index in [4.69, 9.17) is 11.6 Å². The molecule has 0 bridgehead atoms. The number of amides is 1. The Kier molecular flexibility index (Phi) is 6.60. The fourth-order valence-corrected chi connectivity index (χ4v) is 3.36. The number of carbonyl (C=O) groups is 2. The average molecular weight is 338 g/mol. The first-order valence-corrected chi connectivity index (χ1v) is 8.59. The number of hydrogen-bond donors (Lipinski definition) is 2. The van der Waals surface area contributed by atoms with E-state index in [1.807, 2.05) is 0 Å². The Morgan fingerprint density at radius 2 is 1.83 bits per heavy atom. The van der Waals surface area contributed by atoms with E-state index in [1.54, 1.807) is 24.3 Å². The molecule has 1 fully saturated rings. The zero-order valence-electron chi connectivity index (χ0n) is 13.3. The molecule has 1 aromatic rings. The van der Waals surface area contributed by atoms with Gasteiger partial charge in [-0.3, -0.25) is 9.59 Å². The highest BCUT2D eigenvalue weighted by molar-refractivity contribution is 6.34. The van der Waals surface area contributed by atoms with Gasteiger partial charge < -0.3 is 10.4 Å². The number of carbonyl (C=O) groups excluding carboxylic acids is 2. The molecule has 1 saturated carbocycles. The number of benzene rings is 1. The van der Waals surface area contributed by atoms with E-state index in [-0.39, 0.29) is 36.6 Å². The molecule has 0 atom stereocenters. The van der Waals surface area contributed by atoms with Gasteiger partial charge in [-0.2, -0.15) is 0 Å². The van der Waals surface area contributed by atoms with Crippen LogP contribution < -0.4 is 5.32 Å². The van der Waals surface area contributed by atoms with Crippen molar-refractivity contribution in [1.29, 1.82) is 0 Å². The number of nitrogens with one attached hydrogen (secondary N) is 1. The highest BCUT2D eigenvalue weighted by Gasteiger charge is 2.31. The Morgan fingerprint density at radius 3 is 2.48 bits per heavy atom. The summed E-state index contributed by atoms with van der Waals surface area (Å²) in [6.07, 6.45) is 5.57. The van der Waals surface area contributed by atoms with Crippen LogP contribution in [0.3, 0.4) is 0 Å². The summed E-state index contributed by atoms with van der Waals surface area (Å²) in [6.45, 7) is 0.592. The molecule has 5 heteroatoms. The number of rotatable bonds is 7. The van der Waals surface area contributed by atoms with Crippen molar-refractivity contribution in [2.75, 3.05) is 13.2 Å². The number of hydrogen-bond acceptors (Lipinski definition) is 3. The molecule has 1 aliphatic rings. The predicted octanol–water partition coefficient (Wildman–Crippen LogP) is 3.36. The second-order valence-electron chi connectivity index (χ2n) is 6.40. The van der Waals surface area contributed by atoms with Crippen molar-refractivity contribution in [2.24, 2.45) is 5.41 Å². The van der Waals surface area contributed by atoms with Gasteiger partial charge in [-0.15, -0.1) is 0 Å². The summed E-state index contributed by atoms with van der Waals surface area (Å²) in [5.74, 6) is -0.274. The van der Waals surface area contributed by atoms with Gasteiger partial charge in [-0.25, -0.2) is 0 Å². The molecule has 0 spiro atoms. The normalized spacial score (nSPS) is 16.8. The number of ketones is 1. The van der Waals surface area contributed by atoms with E-state index in [2.05, 4.69) is 5.32 Å². The molecule has 0 aliphatic heterocycles. The number of aliphatic hydroxyl groups excluding tert-OH is 1. The third kappa shape index (κ3) is 5.05. The maximum Gasteiger partial charge on any atom is 0.220 e. The van der Waals surface area contributed by atoms with E-state index in [9.17, 15) is 14.7 Å². The third-order valence-corrected chi connectivity index (χ3v) is 4.99. The predicted molar refractivity (Wildman–Crippen MR) is 90.6 cm³/mol. The Labute approximate surface area is 142 Å². The van der Waals surface area contributed by atoms with Crippen molar-refractivity contribution < 1.29 is 14.7 Å². The topological polar surface area (TPSA) is 66.4 Å². The number of aliphatic hydroxyl groups is 1. The standard InChI is InChI=1S/C18H24ClNO3/c19-15-7-3-2-6-14(15)16(22)8-9-17(23)20-12-18(13-21)10-4-1-5-11-18/h2-3,6-7,21H,1,4-5,8-13H2,(H,20,23). The van der Waals surface area contributed by atoms with Crippen molar-refractivity contribution in [1.82, 2.24) is 5.32 Å². The second kappa shape index (κ2) is 8.46. The van der Waals surface area contributed by atoms with Crippen molar-refractivity contribution in [2.45, 2.75) is 44.9 Å². The monoisotopic (exact) mass is 337 g/mol. The zero-order chi connectivity index (χ0) is 16.7. The molecule has 23 heavy (non-hydrogen) atoms. The summed E-state index contributed by atoms with van der Waals surface area (Å²) in [4.78, 5) is 24.1. The van der Waals surface area contributed by atoms with Gasteiger partial charge in [0.25, 0.3) is 0 Å². The van der Waals surface area contributed by atoms with Crippen LogP contribution in [0.1, 0.15) is 55.3 Å². The van der Waals surface area contributed by atoms with Crippen LogP contribution in [0.25, 0.3) is 0 Å². The summed E-state index contributed by atoms with van der Waals surface area (Å²) >= 11 is 5.99. The van der Waals surface area contributed by atoms with Gasteiger partial charge in [-0.05, 0) is 25.0 Å². The molecule has 0 heterocycles.